The molecule has 0 aromatic heterocycles. The van der Waals surface area contributed by atoms with E-state index in [1.165, 1.54) is 0 Å². The molecule has 8 heteroatoms. The van der Waals surface area contributed by atoms with Crippen LogP contribution in [-0.2, 0) is 21.6 Å². The van der Waals surface area contributed by atoms with Crippen molar-refractivity contribution in [3.63, 3.8) is 0 Å². The molecule has 0 atom stereocenters. The Labute approximate surface area is 76.7 Å². The van der Waals surface area contributed by atoms with Crippen LogP contribution in [0.1, 0.15) is 7.43 Å². The summed E-state index contributed by atoms with van der Waals surface area (Å²) in [5.74, 6) is 0. The Morgan fingerprint density at radius 3 is 1.11 bits per heavy atom. The molecule has 0 aliphatic carbocycles. The Hall–Kier alpha value is 1.19. The molecule has 0 aromatic carbocycles. The molecule has 0 bridgehead atoms. The second kappa shape index (κ2) is 11.9. The minimum atomic E-state index is -4.64. The average Bonchev–Trinajstić information content (AvgIpc) is 0.722. The Balaban J connectivity index is -0.0000000133. The molecule has 6 N–H and O–H groups in total. The van der Waals surface area contributed by atoms with E-state index in [0.717, 1.165) is 0 Å². The molecule has 0 saturated heterocycles. The maximum absolute atomic E-state index is 8.88. The zero-order chi connectivity index (χ0) is 4.50. The minimum absolute atomic E-state index is 0. The van der Waals surface area contributed by atoms with E-state index < -0.39 is 7.82 Å². The summed E-state index contributed by atoms with van der Waals surface area (Å²) in [6.45, 7) is 0. The SMILES string of the molecule is C.N.O=P(O)(O)O.[Fe].[LiH]. The molecule has 58 valence electrons. The molecule has 0 aromatic rings. The van der Waals surface area contributed by atoms with Crippen molar-refractivity contribution in [3.05, 3.63) is 0 Å². The van der Waals surface area contributed by atoms with Crippen molar-refractivity contribution in [1.29, 1.82) is 0 Å². The molecule has 0 unspecified atom stereocenters. The van der Waals surface area contributed by atoms with E-state index in [9.17, 15) is 0 Å². The predicted octanol–water partition coefficient (Wildman–Crippen LogP) is -0.782. The summed E-state index contributed by atoms with van der Waals surface area (Å²) in [5, 5.41) is 0. The van der Waals surface area contributed by atoms with Gasteiger partial charge < -0.3 is 20.8 Å². The quantitative estimate of drug-likeness (QED) is 0.299. The zero-order valence-electron chi connectivity index (χ0n) is 3.26. The maximum atomic E-state index is 8.88. The zero-order valence-corrected chi connectivity index (χ0v) is 5.26. The van der Waals surface area contributed by atoms with Crippen molar-refractivity contribution >= 4 is 26.7 Å². The van der Waals surface area contributed by atoms with Gasteiger partial charge in [0.05, 0.1) is 0 Å². The summed E-state index contributed by atoms with van der Waals surface area (Å²) < 4.78 is 8.88. The van der Waals surface area contributed by atoms with Gasteiger partial charge >= 0.3 is 26.7 Å². The number of hydrogen-bond acceptors (Lipinski definition) is 2. The first-order chi connectivity index (χ1) is 2.00. The Morgan fingerprint density at radius 1 is 1.11 bits per heavy atom. The fraction of sp³-hybridized carbons (Fsp3) is 1.00. The molecule has 0 rings (SSSR count). The van der Waals surface area contributed by atoms with E-state index in [1.807, 2.05) is 0 Å². The van der Waals surface area contributed by atoms with Gasteiger partial charge in [-0.15, -0.1) is 0 Å². The fourth-order valence-corrected chi connectivity index (χ4v) is 0. The van der Waals surface area contributed by atoms with Crippen molar-refractivity contribution in [3.8, 4) is 0 Å². The normalized spacial score (nSPS) is 6.56. The molecular formula is CH11FeLiNO4P. The van der Waals surface area contributed by atoms with Gasteiger partial charge in [-0.3, -0.25) is 0 Å². The third kappa shape index (κ3) is 337. The van der Waals surface area contributed by atoms with Gasteiger partial charge in [0, 0.05) is 17.1 Å². The van der Waals surface area contributed by atoms with Crippen LogP contribution < -0.4 is 6.15 Å². The first kappa shape index (κ1) is 32.0. The van der Waals surface area contributed by atoms with Gasteiger partial charge in [-0.25, -0.2) is 4.57 Å². The molecule has 0 heterocycles. The van der Waals surface area contributed by atoms with Crippen molar-refractivity contribution < 1.29 is 36.3 Å². The van der Waals surface area contributed by atoms with Crippen LogP contribution in [0.15, 0.2) is 0 Å². The number of rotatable bonds is 0. The number of hydrogen-bond donors (Lipinski definition) is 4. The second-order valence-corrected chi connectivity index (χ2v) is 1.54. The molecule has 9 heavy (non-hydrogen) atoms. The Morgan fingerprint density at radius 2 is 1.11 bits per heavy atom. The van der Waals surface area contributed by atoms with E-state index in [0.29, 0.717) is 0 Å². The van der Waals surface area contributed by atoms with Gasteiger partial charge in [-0.1, -0.05) is 7.43 Å². The van der Waals surface area contributed by atoms with Crippen molar-refractivity contribution in [1.82, 2.24) is 6.15 Å². The molecular weight excluding hydrogens is 184 g/mol. The van der Waals surface area contributed by atoms with Crippen molar-refractivity contribution in [2.45, 2.75) is 7.43 Å². The molecule has 0 spiro atoms. The van der Waals surface area contributed by atoms with Crippen LogP contribution in [0.3, 0.4) is 0 Å². The van der Waals surface area contributed by atoms with Gasteiger partial charge in [-0.05, 0) is 0 Å². The molecule has 5 nitrogen and oxygen atoms in total. The van der Waals surface area contributed by atoms with Crippen molar-refractivity contribution in [2.24, 2.45) is 0 Å². The third-order valence-corrected chi connectivity index (χ3v) is 0. The van der Waals surface area contributed by atoms with Crippen LogP contribution in [0.4, 0.5) is 0 Å². The average molecular weight is 195 g/mol. The Bertz CT molecular complexity index is 66.7. The van der Waals surface area contributed by atoms with Crippen molar-refractivity contribution in [2.75, 3.05) is 0 Å². The summed E-state index contributed by atoms with van der Waals surface area (Å²) >= 11 is 0. The predicted molar refractivity (Wildman–Crippen MR) is 33.2 cm³/mol. The standard InChI is InChI=1S/CH4.Fe.Li.H3N.H3O4P.H/c;;;;1-5(2,3)4;/h1H4;;;1H3;(H3,1,2,3,4);. The van der Waals surface area contributed by atoms with Crippen LogP contribution in [0.2, 0.25) is 0 Å². The third-order valence-electron chi connectivity index (χ3n) is 0. The van der Waals surface area contributed by atoms with E-state index in [2.05, 4.69) is 0 Å². The van der Waals surface area contributed by atoms with Gasteiger partial charge in [-0.2, -0.15) is 0 Å². The summed E-state index contributed by atoms with van der Waals surface area (Å²) in [5.41, 5.74) is 0. The van der Waals surface area contributed by atoms with E-state index >= 15 is 0 Å². The van der Waals surface area contributed by atoms with Gasteiger partial charge in [0.1, 0.15) is 0 Å². The van der Waals surface area contributed by atoms with Crippen LogP contribution in [-0.4, -0.2) is 33.5 Å². The van der Waals surface area contributed by atoms with Crippen LogP contribution in [0, 0.1) is 0 Å². The van der Waals surface area contributed by atoms with E-state index in [1.54, 1.807) is 0 Å². The monoisotopic (exact) mass is 195 g/mol. The molecule has 0 aliphatic heterocycles. The number of phosphoric acid groups is 1. The summed E-state index contributed by atoms with van der Waals surface area (Å²) in [6, 6.07) is 0. The first-order valence-electron chi connectivity index (χ1n) is 0.783. The van der Waals surface area contributed by atoms with Crippen LogP contribution >= 0.6 is 7.82 Å². The first-order valence-corrected chi connectivity index (χ1v) is 2.35. The fourth-order valence-electron chi connectivity index (χ4n) is 0. The summed E-state index contributed by atoms with van der Waals surface area (Å²) in [6.07, 6.45) is 0. The Kier molecular flexibility index (Phi) is 42.3. The van der Waals surface area contributed by atoms with Crippen LogP contribution in [0.25, 0.3) is 0 Å². The molecule has 0 fully saturated rings. The molecule has 0 radical (unpaired) electrons. The molecule has 0 amide bonds. The molecule has 0 aliphatic rings. The van der Waals surface area contributed by atoms with E-state index in [4.69, 9.17) is 19.2 Å². The van der Waals surface area contributed by atoms with E-state index in [-0.39, 0.29) is 49.5 Å². The second-order valence-electron chi connectivity index (χ2n) is 0.513. The van der Waals surface area contributed by atoms with Gasteiger partial charge in [0.2, 0.25) is 0 Å². The molecule has 0 saturated carbocycles. The summed E-state index contributed by atoms with van der Waals surface area (Å²) in [7, 11) is -4.64. The summed E-state index contributed by atoms with van der Waals surface area (Å²) in [4.78, 5) is 21.6. The van der Waals surface area contributed by atoms with Gasteiger partial charge in [0.25, 0.3) is 0 Å². The topological polar surface area (TPSA) is 113 Å². The van der Waals surface area contributed by atoms with Crippen LogP contribution in [0.5, 0.6) is 0 Å². The van der Waals surface area contributed by atoms with Gasteiger partial charge in [0.15, 0.2) is 0 Å².